The van der Waals surface area contributed by atoms with Crippen LogP contribution in [0.2, 0.25) is 0 Å². The summed E-state index contributed by atoms with van der Waals surface area (Å²) in [5.74, 6) is -1.33. The van der Waals surface area contributed by atoms with Gasteiger partial charge in [-0.05, 0) is 68.7 Å². The van der Waals surface area contributed by atoms with Gasteiger partial charge in [-0.15, -0.1) is 5.10 Å². The van der Waals surface area contributed by atoms with E-state index in [1.807, 2.05) is 43.5 Å². The molecule has 0 unspecified atom stereocenters. The molecule has 3 aromatic heterocycles. The van der Waals surface area contributed by atoms with Crippen LogP contribution in [0.25, 0.3) is 16.8 Å². The molecule has 0 saturated carbocycles. The number of carbonyl (C=O) groups is 1. The zero-order valence-corrected chi connectivity index (χ0v) is 20.7. The van der Waals surface area contributed by atoms with Crippen LogP contribution in [0.15, 0.2) is 42.9 Å². The van der Waals surface area contributed by atoms with E-state index in [0.717, 1.165) is 35.7 Å². The maximum absolute atomic E-state index is 14.9. The number of nitrogens with one attached hydrogen (secondary N) is 1. The van der Waals surface area contributed by atoms with Gasteiger partial charge in [0.1, 0.15) is 22.8 Å². The quantitative estimate of drug-likeness (QED) is 0.448. The van der Waals surface area contributed by atoms with Gasteiger partial charge >= 0.3 is 0 Å². The highest BCUT2D eigenvalue weighted by Gasteiger charge is 2.23. The molecule has 1 amide bonds. The van der Waals surface area contributed by atoms with Crippen LogP contribution in [-0.4, -0.2) is 51.4 Å². The molecule has 4 aromatic rings. The molecular weight excluding hydrogens is 466 g/mol. The lowest BCUT2D eigenvalue weighted by atomic mass is 9.99. The lowest BCUT2D eigenvalue weighted by Gasteiger charge is -2.29. The number of nitrogens with zero attached hydrogens (tertiary/aromatic N) is 5. The van der Waals surface area contributed by atoms with Gasteiger partial charge in [0.15, 0.2) is 0 Å². The molecule has 36 heavy (non-hydrogen) atoms. The monoisotopic (exact) mass is 494 g/mol. The highest BCUT2D eigenvalue weighted by atomic mass is 19.1. The predicted octanol–water partition coefficient (Wildman–Crippen LogP) is 4.63. The van der Waals surface area contributed by atoms with Gasteiger partial charge in [0, 0.05) is 31.7 Å². The summed E-state index contributed by atoms with van der Waals surface area (Å²) in [6.07, 6.45) is 4.97. The summed E-state index contributed by atoms with van der Waals surface area (Å²) in [6.45, 7) is 10.1. The molecule has 5 rings (SSSR count). The number of hydrogen-bond acceptors (Lipinski definition) is 5. The first kappa shape index (κ1) is 23.9. The van der Waals surface area contributed by atoms with Crippen molar-refractivity contribution in [2.75, 3.05) is 36.5 Å². The highest BCUT2D eigenvalue weighted by molar-refractivity contribution is 6.04. The zero-order valence-electron chi connectivity index (χ0n) is 20.7. The summed E-state index contributed by atoms with van der Waals surface area (Å²) in [6, 6.07) is 6.89. The SMILES string of the molecule is Cc1cc(F)c(NC(=O)c2cn(C(C)(C)C)nc2F)cc1-c1cc(N2CCOCC2)n2ccnc2c1. The Bertz CT molecular complexity index is 1450. The molecule has 1 fully saturated rings. The second-order valence-electron chi connectivity index (χ2n) is 9.91. The van der Waals surface area contributed by atoms with Gasteiger partial charge in [-0.1, -0.05) is 0 Å². The highest BCUT2D eigenvalue weighted by Crippen LogP contribution is 2.33. The molecule has 1 aliphatic heterocycles. The molecule has 1 N–H and O–H groups in total. The third kappa shape index (κ3) is 4.44. The van der Waals surface area contributed by atoms with E-state index in [0.29, 0.717) is 18.8 Å². The van der Waals surface area contributed by atoms with E-state index >= 15 is 0 Å². The van der Waals surface area contributed by atoms with E-state index in [4.69, 9.17) is 4.74 Å². The number of halogens is 2. The second-order valence-corrected chi connectivity index (χ2v) is 9.91. The van der Waals surface area contributed by atoms with Crippen molar-refractivity contribution in [3.05, 3.63) is 65.7 Å². The van der Waals surface area contributed by atoms with Gasteiger partial charge in [0.2, 0.25) is 5.95 Å². The summed E-state index contributed by atoms with van der Waals surface area (Å²) in [4.78, 5) is 19.5. The molecule has 10 heteroatoms. The van der Waals surface area contributed by atoms with Crippen molar-refractivity contribution in [2.24, 2.45) is 0 Å². The minimum Gasteiger partial charge on any atom is -0.378 e. The van der Waals surface area contributed by atoms with E-state index in [9.17, 15) is 13.6 Å². The molecule has 0 spiro atoms. The maximum atomic E-state index is 14.9. The predicted molar refractivity (Wildman–Crippen MR) is 133 cm³/mol. The Morgan fingerprint density at radius 2 is 1.86 bits per heavy atom. The molecule has 0 bridgehead atoms. The molecule has 1 aromatic carbocycles. The number of anilines is 2. The van der Waals surface area contributed by atoms with Crippen LogP contribution < -0.4 is 10.2 Å². The van der Waals surface area contributed by atoms with E-state index in [1.165, 1.54) is 16.9 Å². The molecule has 0 radical (unpaired) electrons. The number of ether oxygens (including phenoxy) is 1. The number of rotatable bonds is 4. The van der Waals surface area contributed by atoms with Gasteiger partial charge in [-0.3, -0.25) is 13.9 Å². The smallest absolute Gasteiger partial charge is 0.262 e. The normalized spacial score (nSPS) is 14.4. The fourth-order valence-electron chi connectivity index (χ4n) is 4.31. The van der Waals surface area contributed by atoms with Crippen molar-refractivity contribution in [1.82, 2.24) is 19.2 Å². The molecule has 1 saturated heterocycles. The van der Waals surface area contributed by atoms with Gasteiger partial charge < -0.3 is 15.0 Å². The molecule has 1 aliphatic rings. The minimum atomic E-state index is -0.907. The average Bonchev–Trinajstić information content (AvgIpc) is 3.47. The summed E-state index contributed by atoms with van der Waals surface area (Å²) >= 11 is 0. The second kappa shape index (κ2) is 9.02. The van der Waals surface area contributed by atoms with Crippen LogP contribution in [0.5, 0.6) is 0 Å². The number of morpholine rings is 1. The maximum Gasteiger partial charge on any atom is 0.262 e. The van der Waals surface area contributed by atoms with Crippen LogP contribution >= 0.6 is 0 Å². The third-order valence-electron chi connectivity index (χ3n) is 6.29. The molecule has 4 heterocycles. The van der Waals surface area contributed by atoms with Crippen molar-refractivity contribution in [3.63, 3.8) is 0 Å². The number of carbonyl (C=O) groups excluding carboxylic acids is 1. The number of benzene rings is 1. The summed E-state index contributed by atoms with van der Waals surface area (Å²) in [7, 11) is 0. The van der Waals surface area contributed by atoms with Crippen LogP contribution in [-0.2, 0) is 10.3 Å². The number of imidazole rings is 1. The van der Waals surface area contributed by atoms with Gasteiger partial charge in [-0.2, -0.15) is 4.39 Å². The lowest BCUT2D eigenvalue weighted by molar-refractivity contribution is 0.102. The summed E-state index contributed by atoms with van der Waals surface area (Å²) < 4.78 is 38.2. The Hall–Kier alpha value is -3.79. The number of pyridine rings is 1. The standard InChI is InChI=1S/C26H28F2N6O2/c1-16-11-20(27)21(30-25(35)19-15-34(26(2,3)4)31-24(19)28)14-18(16)17-12-22-29-5-6-33(22)23(13-17)32-7-9-36-10-8-32/h5-6,11-15H,7-10H2,1-4H3,(H,30,35). The number of fused-ring (bicyclic) bond motifs is 1. The van der Waals surface area contributed by atoms with Crippen molar-refractivity contribution < 1.29 is 18.3 Å². The van der Waals surface area contributed by atoms with Crippen molar-refractivity contribution in [2.45, 2.75) is 33.2 Å². The Morgan fingerprint density at radius 3 is 2.56 bits per heavy atom. The zero-order chi connectivity index (χ0) is 25.6. The third-order valence-corrected chi connectivity index (χ3v) is 6.29. The van der Waals surface area contributed by atoms with E-state index < -0.39 is 23.2 Å². The number of aromatic nitrogens is 4. The van der Waals surface area contributed by atoms with Crippen molar-refractivity contribution in [3.8, 4) is 11.1 Å². The van der Waals surface area contributed by atoms with Crippen LogP contribution in [0.4, 0.5) is 20.3 Å². The van der Waals surface area contributed by atoms with E-state index in [2.05, 4.69) is 20.3 Å². The average molecular weight is 495 g/mol. The van der Waals surface area contributed by atoms with Crippen LogP contribution in [0, 0.1) is 18.7 Å². The number of amides is 1. The Balaban J connectivity index is 1.52. The van der Waals surface area contributed by atoms with Gasteiger partial charge in [0.05, 0.1) is 24.4 Å². The topological polar surface area (TPSA) is 76.7 Å². The molecular formula is C26H28F2N6O2. The fraction of sp³-hybridized carbons (Fsp3) is 0.346. The Kier molecular flexibility index (Phi) is 5.99. The first-order chi connectivity index (χ1) is 17.1. The Labute approximate surface area is 207 Å². The summed E-state index contributed by atoms with van der Waals surface area (Å²) in [5.41, 5.74) is 2.21. The van der Waals surface area contributed by atoms with Crippen LogP contribution in [0.3, 0.4) is 0 Å². The van der Waals surface area contributed by atoms with E-state index in [1.54, 1.807) is 19.2 Å². The fourth-order valence-corrected chi connectivity index (χ4v) is 4.31. The van der Waals surface area contributed by atoms with Crippen molar-refractivity contribution in [1.29, 1.82) is 0 Å². The molecule has 0 aliphatic carbocycles. The minimum absolute atomic E-state index is 0.0420. The van der Waals surface area contributed by atoms with Crippen molar-refractivity contribution >= 4 is 23.1 Å². The van der Waals surface area contributed by atoms with Crippen LogP contribution in [0.1, 0.15) is 36.7 Å². The molecule has 188 valence electrons. The first-order valence-corrected chi connectivity index (χ1v) is 11.8. The largest absolute Gasteiger partial charge is 0.378 e. The first-order valence-electron chi connectivity index (χ1n) is 11.8. The van der Waals surface area contributed by atoms with Gasteiger partial charge in [-0.25, -0.2) is 9.37 Å². The molecule has 0 atom stereocenters. The summed E-state index contributed by atoms with van der Waals surface area (Å²) in [5, 5.41) is 6.32. The Morgan fingerprint density at radius 1 is 1.11 bits per heavy atom. The van der Waals surface area contributed by atoms with Gasteiger partial charge in [0.25, 0.3) is 5.91 Å². The number of hydrogen-bond donors (Lipinski definition) is 1. The molecule has 8 nitrogen and oxygen atoms in total. The lowest BCUT2D eigenvalue weighted by Crippen LogP contribution is -2.37. The van der Waals surface area contributed by atoms with E-state index in [-0.39, 0.29) is 11.3 Å². The number of aryl methyl sites for hydroxylation is 1.